The molecule has 0 heterocycles. The molecule has 0 bridgehead atoms. The molecule has 3 heteroatoms. The third kappa shape index (κ3) is 6.59. The second-order valence-corrected chi connectivity index (χ2v) is 14.9. The van der Waals surface area contributed by atoms with Crippen molar-refractivity contribution in [1.82, 2.24) is 0 Å². The summed E-state index contributed by atoms with van der Waals surface area (Å²) in [6.07, 6.45) is 12.6. The topological polar surface area (TPSA) is 18.5 Å². The Kier molecular flexibility index (Phi) is 9.47. The van der Waals surface area contributed by atoms with E-state index in [-0.39, 0.29) is 12.2 Å². The second-order valence-electron chi connectivity index (χ2n) is 12.0. The quantitative estimate of drug-likeness (QED) is 0.180. The summed E-state index contributed by atoms with van der Waals surface area (Å²) in [5, 5.41) is 2.39. The maximum absolute atomic E-state index is 7.80. The van der Waals surface area contributed by atoms with Crippen molar-refractivity contribution in [3.05, 3.63) is 132 Å². The predicted octanol–water partition coefficient (Wildman–Crippen LogP) is 8.92. The van der Waals surface area contributed by atoms with Crippen LogP contribution in [0.2, 0.25) is 0 Å². The van der Waals surface area contributed by atoms with Crippen LogP contribution < -0.4 is 10.4 Å². The van der Waals surface area contributed by atoms with Crippen LogP contribution in [-0.4, -0.2) is 8.56 Å². The van der Waals surface area contributed by atoms with Crippen LogP contribution in [0.5, 0.6) is 0 Å². The summed E-state index contributed by atoms with van der Waals surface area (Å²) in [7, 11) is -3.21. The van der Waals surface area contributed by atoms with Gasteiger partial charge in [-0.15, -0.1) is 0 Å². The highest BCUT2D eigenvalue weighted by Crippen LogP contribution is 2.42. The van der Waals surface area contributed by atoms with Gasteiger partial charge in [-0.25, -0.2) is 0 Å². The summed E-state index contributed by atoms with van der Waals surface area (Å²) >= 11 is 0. The Bertz CT molecular complexity index is 1190. The Morgan fingerprint density at radius 1 is 0.415 bits per heavy atom. The van der Waals surface area contributed by atoms with Gasteiger partial charge in [-0.05, 0) is 59.0 Å². The van der Waals surface area contributed by atoms with E-state index in [9.17, 15) is 0 Å². The third-order valence-corrected chi connectivity index (χ3v) is 12.7. The molecule has 6 rings (SSSR count). The fraction of sp³-hybridized carbons (Fsp3) is 0.368. The van der Waals surface area contributed by atoms with E-state index in [2.05, 4.69) is 121 Å². The van der Waals surface area contributed by atoms with Crippen LogP contribution in [0.15, 0.2) is 121 Å². The highest BCUT2D eigenvalue weighted by atomic mass is 28.4. The molecule has 4 aromatic carbocycles. The van der Waals surface area contributed by atoms with Gasteiger partial charge >= 0.3 is 8.56 Å². The number of benzene rings is 4. The van der Waals surface area contributed by atoms with E-state index in [1.165, 1.54) is 85.7 Å². The van der Waals surface area contributed by atoms with Gasteiger partial charge < -0.3 is 8.85 Å². The van der Waals surface area contributed by atoms with Gasteiger partial charge in [0, 0.05) is 0 Å². The zero-order chi connectivity index (χ0) is 27.7. The smallest absolute Gasteiger partial charge is 0.380 e. The zero-order valence-electron chi connectivity index (χ0n) is 24.2. The van der Waals surface area contributed by atoms with Crippen LogP contribution in [0, 0.1) is 11.8 Å². The summed E-state index contributed by atoms with van der Waals surface area (Å²) in [6.45, 7) is 0. The summed E-state index contributed by atoms with van der Waals surface area (Å²) in [5.41, 5.74) is 2.56. The van der Waals surface area contributed by atoms with Crippen LogP contribution in [0.4, 0.5) is 0 Å². The predicted molar refractivity (Wildman–Crippen MR) is 172 cm³/mol. The lowest BCUT2D eigenvalue weighted by molar-refractivity contribution is 0.0262. The number of hydrogen-bond acceptors (Lipinski definition) is 2. The monoisotopic (exact) mass is 560 g/mol. The van der Waals surface area contributed by atoms with Gasteiger partial charge in [-0.3, -0.25) is 0 Å². The molecule has 4 aromatic rings. The van der Waals surface area contributed by atoms with E-state index < -0.39 is 8.56 Å². The SMILES string of the molecule is c1ccc(C(O[Si](OC(c2ccccc2)C2CCCCC2)(c2ccccc2)c2ccccc2)C2CCCCC2)cc1. The first-order chi connectivity index (χ1) is 20.3. The lowest BCUT2D eigenvalue weighted by atomic mass is 9.83. The molecule has 0 amide bonds. The molecule has 2 atom stereocenters. The lowest BCUT2D eigenvalue weighted by Crippen LogP contribution is -2.65. The van der Waals surface area contributed by atoms with E-state index in [0.717, 1.165) is 0 Å². The van der Waals surface area contributed by atoms with Crippen LogP contribution in [0.1, 0.15) is 87.5 Å². The fourth-order valence-electron chi connectivity index (χ4n) is 7.17. The van der Waals surface area contributed by atoms with E-state index in [0.29, 0.717) is 11.8 Å². The van der Waals surface area contributed by atoms with Crippen LogP contribution in [-0.2, 0) is 8.85 Å². The van der Waals surface area contributed by atoms with Gasteiger partial charge in [-0.1, -0.05) is 160 Å². The van der Waals surface area contributed by atoms with Crippen molar-refractivity contribution in [3.8, 4) is 0 Å². The summed E-state index contributed by atoms with van der Waals surface area (Å²) in [6, 6.07) is 43.8. The first-order valence-corrected chi connectivity index (χ1v) is 17.7. The van der Waals surface area contributed by atoms with E-state index >= 15 is 0 Å². The normalized spacial score (nSPS) is 18.5. The molecule has 2 fully saturated rings. The average molecular weight is 561 g/mol. The zero-order valence-corrected chi connectivity index (χ0v) is 25.2. The van der Waals surface area contributed by atoms with Gasteiger partial charge in [0.2, 0.25) is 0 Å². The van der Waals surface area contributed by atoms with Gasteiger partial charge in [0.15, 0.2) is 0 Å². The van der Waals surface area contributed by atoms with Crippen LogP contribution in [0.3, 0.4) is 0 Å². The van der Waals surface area contributed by atoms with Crippen molar-refractivity contribution in [3.63, 3.8) is 0 Å². The maximum atomic E-state index is 7.80. The van der Waals surface area contributed by atoms with Crippen molar-refractivity contribution in [2.24, 2.45) is 11.8 Å². The average Bonchev–Trinajstić information content (AvgIpc) is 3.07. The molecule has 0 saturated heterocycles. The van der Waals surface area contributed by atoms with Crippen molar-refractivity contribution >= 4 is 18.9 Å². The molecule has 0 radical (unpaired) electrons. The lowest BCUT2D eigenvalue weighted by Gasteiger charge is -2.43. The minimum Gasteiger partial charge on any atom is -0.380 e. The van der Waals surface area contributed by atoms with Gasteiger partial charge in [0.05, 0.1) is 12.2 Å². The van der Waals surface area contributed by atoms with E-state index in [1.54, 1.807) is 0 Å². The van der Waals surface area contributed by atoms with E-state index in [4.69, 9.17) is 8.85 Å². The molecule has 0 aliphatic heterocycles. The Hall–Kier alpha value is -2.98. The molecule has 0 aromatic heterocycles. The first kappa shape index (κ1) is 28.2. The minimum absolute atomic E-state index is 0.00800. The Morgan fingerprint density at radius 2 is 0.732 bits per heavy atom. The maximum Gasteiger partial charge on any atom is 0.408 e. The standard InChI is InChI=1S/C38H44O2Si/c1-7-19-31(20-8-1)37(32-21-9-2-10-22-32)39-41(35-27-15-5-16-28-35,36-29-17-6-18-30-36)40-38(33-23-11-3-12-24-33)34-25-13-4-14-26-34/h1,3,5-8,11-12,15-20,23-24,27-30,32,34,37-38H,2,4,9-10,13-14,21-22,25-26H2. The highest BCUT2D eigenvalue weighted by molar-refractivity contribution is 6.92. The molecular weight excluding hydrogens is 517 g/mol. The van der Waals surface area contributed by atoms with Crippen molar-refractivity contribution in [2.75, 3.05) is 0 Å². The highest BCUT2D eigenvalue weighted by Gasteiger charge is 2.49. The molecule has 41 heavy (non-hydrogen) atoms. The molecule has 0 N–H and O–H groups in total. The molecule has 2 nitrogen and oxygen atoms in total. The molecular formula is C38H44O2Si. The molecule has 212 valence electrons. The minimum atomic E-state index is -3.21. The van der Waals surface area contributed by atoms with E-state index in [1.807, 2.05) is 0 Å². The number of rotatable bonds is 10. The van der Waals surface area contributed by atoms with Crippen LogP contribution in [0.25, 0.3) is 0 Å². The summed E-state index contributed by atoms with van der Waals surface area (Å²) in [5.74, 6) is 0.970. The fourth-order valence-corrected chi connectivity index (χ4v) is 10.7. The Balaban J connectivity index is 1.52. The van der Waals surface area contributed by atoms with Gasteiger partial charge in [-0.2, -0.15) is 0 Å². The molecule has 2 saturated carbocycles. The van der Waals surface area contributed by atoms with Crippen LogP contribution >= 0.6 is 0 Å². The molecule has 0 spiro atoms. The second kappa shape index (κ2) is 13.8. The third-order valence-electron chi connectivity index (χ3n) is 9.31. The Labute approximate surface area is 248 Å². The van der Waals surface area contributed by atoms with Crippen molar-refractivity contribution in [1.29, 1.82) is 0 Å². The largest absolute Gasteiger partial charge is 0.408 e. The number of hydrogen-bond donors (Lipinski definition) is 0. The van der Waals surface area contributed by atoms with Crippen molar-refractivity contribution < 1.29 is 8.85 Å². The molecule has 2 aliphatic rings. The summed E-state index contributed by atoms with van der Waals surface area (Å²) < 4.78 is 15.6. The molecule has 2 unspecified atom stereocenters. The van der Waals surface area contributed by atoms with Crippen molar-refractivity contribution in [2.45, 2.75) is 76.4 Å². The summed E-state index contributed by atoms with van der Waals surface area (Å²) in [4.78, 5) is 0. The molecule has 2 aliphatic carbocycles. The Morgan fingerprint density at radius 3 is 1.07 bits per heavy atom. The van der Waals surface area contributed by atoms with Gasteiger partial charge in [0.25, 0.3) is 0 Å². The van der Waals surface area contributed by atoms with Gasteiger partial charge in [0.1, 0.15) is 0 Å². The first-order valence-electron chi connectivity index (χ1n) is 15.9.